The van der Waals surface area contributed by atoms with Crippen LogP contribution in [0.2, 0.25) is 0 Å². The van der Waals surface area contributed by atoms with Gasteiger partial charge in [0.2, 0.25) is 0 Å². The third-order valence-electron chi connectivity index (χ3n) is 4.24. The Kier molecular flexibility index (Phi) is 4.97. The Balaban J connectivity index is 2.18. The van der Waals surface area contributed by atoms with Crippen LogP contribution in [0.4, 0.5) is 0 Å². The summed E-state index contributed by atoms with van der Waals surface area (Å²) in [5.74, 6) is 0.501. The maximum Gasteiger partial charge on any atom is 0.0171 e. The van der Waals surface area contributed by atoms with Gasteiger partial charge in [-0.05, 0) is 49.9 Å². The number of nitrogens with one attached hydrogen (secondary N) is 1. The maximum atomic E-state index is 3.50. The van der Waals surface area contributed by atoms with Crippen molar-refractivity contribution in [3.8, 4) is 0 Å². The van der Waals surface area contributed by atoms with Crippen molar-refractivity contribution in [1.82, 2.24) is 5.32 Å². The van der Waals surface area contributed by atoms with Crippen LogP contribution < -0.4 is 5.32 Å². The van der Waals surface area contributed by atoms with Gasteiger partial charge in [0.25, 0.3) is 0 Å². The smallest absolute Gasteiger partial charge is 0.0171 e. The molecule has 1 N–H and O–H groups in total. The number of hydrogen-bond acceptors (Lipinski definition) is 1. The zero-order valence-corrected chi connectivity index (χ0v) is 13.0. The second-order valence-corrected chi connectivity index (χ2v) is 5.73. The highest BCUT2D eigenvalue weighted by molar-refractivity contribution is 5.32. The lowest BCUT2D eigenvalue weighted by Crippen LogP contribution is -2.33. The molecule has 0 heterocycles. The first-order chi connectivity index (χ1) is 9.61. The van der Waals surface area contributed by atoms with Crippen molar-refractivity contribution in [2.24, 2.45) is 0 Å². The van der Waals surface area contributed by atoms with E-state index in [2.05, 4.69) is 81.7 Å². The zero-order valence-electron chi connectivity index (χ0n) is 13.0. The molecule has 20 heavy (non-hydrogen) atoms. The molecule has 0 saturated heterocycles. The van der Waals surface area contributed by atoms with Crippen molar-refractivity contribution in [2.45, 2.75) is 39.2 Å². The highest BCUT2D eigenvalue weighted by atomic mass is 14.9. The summed E-state index contributed by atoms with van der Waals surface area (Å²) in [6.45, 7) is 6.67. The van der Waals surface area contributed by atoms with Gasteiger partial charge >= 0.3 is 0 Å². The minimum atomic E-state index is 0.456. The fourth-order valence-corrected chi connectivity index (χ4v) is 2.77. The Morgan fingerprint density at radius 2 is 1.70 bits per heavy atom. The molecule has 0 aliphatic heterocycles. The van der Waals surface area contributed by atoms with E-state index in [0.29, 0.717) is 12.0 Å². The van der Waals surface area contributed by atoms with Crippen molar-refractivity contribution < 1.29 is 0 Å². The van der Waals surface area contributed by atoms with Crippen LogP contribution in [0, 0.1) is 13.8 Å². The molecule has 1 heteroatoms. The molecule has 0 saturated carbocycles. The molecule has 0 bridgehead atoms. The predicted octanol–water partition coefficient (Wildman–Crippen LogP) is 4.24. The van der Waals surface area contributed by atoms with Crippen molar-refractivity contribution in [3.63, 3.8) is 0 Å². The normalized spacial score (nSPS) is 14.0. The number of benzene rings is 2. The van der Waals surface area contributed by atoms with Gasteiger partial charge in [-0.2, -0.15) is 0 Å². The van der Waals surface area contributed by atoms with Crippen LogP contribution in [0.15, 0.2) is 48.5 Å². The predicted molar refractivity (Wildman–Crippen MR) is 87.3 cm³/mol. The van der Waals surface area contributed by atoms with Gasteiger partial charge in [-0.15, -0.1) is 0 Å². The van der Waals surface area contributed by atoms with Gasteiger partial charge in [0, 0.05) is 6.04 Å². The standard InChI is InChI=1S/C19H25N/c1-14-10-11-15(2)18(12-14)13-19(20-4)16(3)17-8-6-5-7-9-17/h5-12,16,19-20H,13H2,1-4H3. The van der Waals surface area contributed by atoms with E-state index in [9.17, 15) is 0 Å². The summed E-state index contributed by atoms with van der Waals surface area (Å²) in [5, 5.41) is 3.50. The van der Waals surface area contributed by atoms with Crippen LogP contribution in [-0.4, -0.2) is 13.1 Å². The van der Waals surface area contributed by atoms with E-state index in [-0.39, 0.29) is 0 Å². The molecule has 0 aliphatic rings. The number of aryl methyl sites for hydroxylation is 2. The van der Waals surface area contributed by atoms with Gasteiger partial charge in [0.15, 0.2) is 0 Å². The fraction of sp³-hybridized carbons (Fsp3) is 0.368. The Morgan fingerprint density at radius 3 is 2.35 bits per heavy atom. The summed E-state index contributed by atoms with van der Waals surface area (Å²) in [4.78, 5) is 0. The van der Waals surface area contributed by atoms with Gasteiger partial charge in [0.1, 0.15) is 0 Å². The monoisotopic (exact) mass is 267 g/mol. The van der Waals surface area contributed by atoms with E-state index in [1.807, 2.05) is 0 Å². The zero-order chi connectivity index (χ0) is 14.5. The molecule has 1 nitrogen and oxygen atoms in total. The van der Waals surface area contributed by atoms with E-state index in [4.69, 9.17) is 0 Å². The Labute approximate surface area is 123 Å². The van der Waals surface area contributed by atoms with Gasteiger partial charge in [-0.25, -0.2) is 0 Å². The van der Waals surface area contributed by atoms with E-state index in [0.717, 1.165) is 6.42 Å². The minimum absolute atomic E-state index is 0.456. The first kappa shape index (κ1) is 14.8. The SMILES string of the molecule is CNC(Cc1cc(C)ccc1C)C(C)c1ccccc1. The Bertz CT molecular complexity index is 545. The first-order valence-electron chi connectivity index (χ1n) is 7.40. The second-order valence-electron chi connectivity index (χ2n) is 5.73. The average Bonchev–Trinajstić information content (AvgIpc) is 2.48. The van der Waals surface area contributed by atoms with Crippen molar-refractivity contribution in [2.75, 3.05) is 7.05 Å². The quantitative estimate of drug-likeness (QED) is 0.854. The molecule has 2 aromatic carbocycles. The lowest BCUT2D eigenvalue weighted by Gasteiger charge is -2.25. The van der Waals surface area contributed by atoms with Crippen LogP contribution >= 0.6 is 0 Å². The van der Waals surface area contributed by atoms with E-state index in [1.54, 1.807) is 0 Å². The Morgan fingerprint density at radius 1 is 1.00 bits per heavy atom. The molecule has 2 atom stereocenters. The van der Waals surface area contributed by atoms with Gasteiger partial charge in [-0.3, -0.25) is 0 Å². The third kappa shape index (κ3) is 3.49. The number of likely N-dealkylation sites (N-methyl/N-ethyl adjacent to an activating group) is 1. The van der Waals surface area contributed by atoms with Crippen molar-refractivity contribution in [3.05, 3.63) is 70.8 Å². The van der Waals surface area contributed by atoms with Crippen LogP contribution in [-0.2, 0) is 6.42 Å². The summed E-state index contributed by atoms with van der Waals surface area (Å²) in [6, 6.07) is 18.0. The van der Waals surface area contributed by atoms with Gasteiger partial charge in [-0.1, -0.05) is 61.0 Å². The molecule has 2 unspecified atom stereocenters. The van der Waals surface area contributed by atoms with Crippen LogP contribution in [0.25, 0.3) is 0 Å². The molecule has 2 aromatic rings. The molecular formula is C19H25N. The summed E-state index contributed by atoms with van der Waals surface area (Å²) in [7, 11) is 2.06. The van der Waals surface area contributed by atoms with Crippen LogP contribution in [0.3, 0.4) is 0 Å². The topological polar surface area (TPSA) is 12.0 Å². The summed E-state index contributed by atoms with van der Waals surface area (Å²) >= 11 is 0. The second kappa shape index (κ2) is 6.71. The molecular weight excluding hydrogens is 242 g/mol. The van der Waals surface area contributed by atoms with E-state index < -0.39 is 0 Å². The molecule has 0 spiro atoms. The average molecular weight is 267 g/mol. The molecule has 0 amide bonds. The molecule has 0 aromatic heterocycles. The van der Waals surface area contributed by atoms with Crippen molar-refractivity contribution >= 4 is 0 Å². The lowest BCUT2D eigenvalue weighted by molar-refractivity contribution is 0.482. The fourth-order valence-electron chi connectivity index (χ4n) is 2.77. The first-order valence-corrected chi connectivity index (χ1v) is 7.40. The summed E-state index contributed by atoms with van der Waals surface area (Å²) in [5.41, 5.74) is 5.58. The minimum Gasteiger partial charge on any atom is -0.316 e. The molecule has 2 rings (SSSR count). The maximum absolute atomic E-state index is 3.50. The number of rotatable bonds is 5. The highest BCUT2D eigenvalue weighted by Gasteiger charge is 2.18. The third-order valence-corrected chi connectivity index (χ3v) is 4.24. The van der Waals surface area contributed by atoms with Gasteiger partial charge < -0.3 is 5.32 Å². The molecule has 0 radical (unpaired) electrons. The summed E-state index contributed by atoms with van der Waals surface area (Å²) in [6.07, 6.45) is 1.07. The van der Waals surface area contributed by atoms with Crippen molar-refractivity contribution in [1.29, 1.82) is 0 Å². The van der Waals surface area contributed by atoms with Gasteiger partial charge in [0.05, 0.1) is 0 Å². The number of hydrogen-bond donors (Lipinski definition) is 1. The molecule has 106 valence electrons. The van der Waals surface area contributed by atoms with Crippen LogP contribution in [0.1, 0.15) is 35.1 Å². The van der Waals surface area contributed by atoms with E-state index >= 15 is 0 Å². The molecule has 0 aliphatic carbocycles. The van der Waals surface area contributed by atoms with E-state index in [1.165, 1.54) is 22.3 Å². The molecule has 0 fully saturated rings. The largest absolute Gasteiger partial charge is 0.316 e. The van der Waals surface area contributed by atoms with Crippen LogP contribution in [0.5, 0.6) is 0 Å². The summed E-state index contributed by atoms with van der Waals surface area (Å²) < 4.78 is 0. The lowest BCUT2D eigenvalue weighted by atomic mass is 9.88. The Hall–Kier alpha value is -1.60. The highest BCUT2D eigenvalue weighted by Crippen LogP contribution is 2.23.